The van der Waals surface area contributed by atoms with E-state index in [1.165, 1.54) is 0 Å². The van der Waals surface area contributed by atoms with Crippen LogP contribution in [0.5, 0.6) is 0 Å². The van der Waals surface area contributed by atoms with Crippen molar-refractivity contribution in [3.8, 4) is 0 Å². The molecule has 2 N–H and O–H groups in total. The standard InChI is InChI=1S/C10H17N3.ClH/c1-10(2,3)8-5-7-12-9(13-8)4-6-11;/h5,7H,4,6,11H2,1-3H3;1H. The summed E-state index contributed by atoms with van der Waals surface area (Å²) in [6.45, 7) is 7.03. The van der Waals surface area contributed by atoms with Gasteiger partial charge >= 0.3 is 0 Å². The molecule has 0 spiro atoms. The molecule has 1 aromatic heterocycles. The first-order valence-electron chi connectivity index (χ1n) is 4.56. The highest BCUT2D eigenvalue weighted by molar-refractivity contribution is 5.85. The predicted molar refractivity (Wildman–Crippen MR) is 60.7 cm³/mol. The molecule has 0 fully saturated rings. The van der Waals surface area contributed by atoms with E-state index < -0.39 is 0 Å². The van der Waals surface area contributed by atoms with Crippen molar-refractivity contribution in [1.82, 2.24) is 9.97 Å². The number of hydrogen-bond donors (Lipinski definition) is 1. The van der Waals surface area contributed by atoms with Crippen LogP contribution in [0.15, 0.2) is 12.3 Å². The van der Waals surface area contributed by atoms with Crippen LogP contribution in [-0.2, 0) is 11.8 Å². The van der Waals surface area contributed by atoms with Gasteiger partial charge in [0.2, 0.25) is 0 Å². The molecule has 4 heteroatoms. The monoisotopic (exact) mass is 215 g/mol. The third-order valence-corrected chi connectivity index (χ3v) is 1.84. The second-order valence-corrected chi connectivity index (χ2v) is 4.15. The van der Waals surface area contributed by atoms with E-state index in [1.54, 1.807) is 6.20 Å². The normalized spacial score (nSPS) is 10.9. The van der Waals surface area contributed by atoms with Gasteiger partial charge in [-0.3, -0.25) is 0 Å². The molecule has 0 aliphatic rings. The predicted octanol–water partition coefficient (Wildman–Crippen LogP) is 1.70. The smallest absolute Gasteiger partial charge is 0.129 e. The van der Waals surface area contributed by atoms with Gasteiger partial charge in [0, 0.05) is 23.7 Å². The quantitative estimate of drug-likeness (QED) is 0.817. The van der Waals surface area contributed by atoms with Crippen LogP contribution < -0.4 is 5.73 Å². The molecule has 14 heavy (non-hydrogen) atoms. The van der Waals surface area contributed by atoms with Crippen molar-refractivity contribution in [2.24, 2.45) is 5.73 Å². The summed E-state index contributed by atoms with van der Waals surface area (Å²) >= 11 is 0. The van der Waals surface area contributed by atoms with Crippen molar-refractivity contribution in [1.29, 1.82) is 0 Å². The third kappa shape index (κ3) is 3.60. The average molecular weight is 216 g/mol. The molecule has 1 aromatic rings. The number of nitrogens with zero attached hydrogens (tertiary/aromatic N) is 2. The van der Waals surface area contributed by atoms with E-state index in [2.05, 4.69) is 30.7 Å². The summed E-state index contributed by atoms with van der Waals surface area (Å²) in [5, 5.41) is 0. The van der Waals surface area contributed by atoms with Gasteiger partial charge in [-0.1, -0.05) is 20.8 Å². The second-order valence-electron chi connectivity index (χ2n) is 4.15. The first kappa shape index (κ1) is 13.3. The van der Waals surface area contributed by atoms with Crippen LogP contribution in [0.25, 0.3) is 0 Å². The Hall–Kier alpha value is -0.670. The van der Waals surface area contributed by atoms with Crippen LogP contribution in [0.4, 0.5) is 0 Å². The summed E-state index contributed by atoms with van der Waals surface area (Å²) in [4.78, 5) is 8.59. The van der Waals surface area contributed by atoms with Gasteiger partial charge in [-0.05, 0) is 12.6 Å². The molecule has 0 aliphatic heterocycles. The van der Waals surface area contributed by atoms with E-state index in [0.29, 0.717) is 6.54 Å². The van der Waals surface area contributed by atoms with Crippen molar-refractivity contribution in [2.75, 3.05) is 6.54 Å². The Morgan fingerprint density at radius 2 is 2.00 bits per heavy atom. The van der Waals surface area contributed by atoms with Gasteiger partial charge in [-0.2, -0.15) is 0 Å². The fraction of sp³-hybridized carbons (Fsp3) is 0.600. The van der Waals surface area contributed by atoms with Crippen LogP contribution in [-0.4, -0.2) is 16.5 Å². The van der Waals surface area contributed by atoms with Crippen LogP contribution in [0.2, 0.25) is 0 Å². The van der Waals surface area contributed by atoms with Gasteiger partial charge in [0.05, 0.1) is 0 Å². The lowest BCUT2D eigenvalue weighted by Crippen LogP contribution is -2.16. The van der Waals surface area contributed by atoms with Gasteiger partial charge in [-0.25, -0.2) is 9.97 Å². The molecule has 1 heterocycles. The van der Waals surface area contributed by atoms with Gasteiger partial charge in [0.15, 0.2) is 0 Å². The highest BCUT2D eigenvalue weighted by atomic mass is 35.5. The van der Waals surface area contributed by atoms with Crippen LogP contribution in [0, 0.1) is 0 Å². The van der Waals surface area contributed by atoms with Gasteiger partial charge in [-0.15, -0.1) is 12.4 Å². The lowest BCUT2D eigenvalue weighted by Gasteiger charge is -2.17. The first-order valence-corrected chi connectivity index (χ1v) is 4.56. The topological polar surface area (TPSA) is 51.8 Å². The first-order chi connectivity index (χ1) is 6.04. The van der Waals surface area contributed by atoms with Crippen LogP contribution in [0.3, 0.4) is 0 Å². The summed E-state index contributed by atoms with van der Waals surface area (Å²) in [5.41, 5.74) is 6.60. The number of rotatable bonds is 2. The molecule has 0 saturated carbocycles. The highest BCUT2D eigenvalue weighted by Crippen LogP contribution is 2.18. The van der Waals surface area contributed by atoms with Crippen molar-refractivity contribution >= 4 is 12.4 Å². The number of nitrogens with two attached hydrogens (primary N) is 1. The van der Waals surface area contributed by atoms with Crippen LogP contribution in [0.1, 0.15) is 32.3 Å². The molecular weight excluding hydrogens is 198 g/mol. The SMILES string of the molecule is CC(C)(C)c1ccnc(CCN)n1.Cl. The largest absolute Gasteiger partial charge is 0.330 e. The minimum atomic E-state index is 0. The molecule has 80 valence electrons. The van der Waals surface area contributed by atoms with Crippen molar-refractivity contribution in [3.05, 3.63) is 23.8 Å². The molecule has 0 radical (unpaired) electrons. The van der Waals surface area contributed by atoms with Gasteiger partial charge in [0.1, 0.15) is 5.82 Å². The van der Waals surface area contributed by atoms with Crippen molar-refractivity contribution in [2.45, 2.75) is 32.6 Å². The van der Waals surface area contributed by atoms with Crippen LogP contribution >= 0.6 is 12.4 Å². The zero-order chi connectivity index (χ0) is 9.90. The average Bonchev–Trinajstić information content (AvgIpc) is 2.04. The van der Waals surface area contributed by atoms with E-state index in [0.717, 1.165) is 17.9 Å². The Bertz CT molecular complexity index is 281. The number of halogens is 1. The molecule has 0 bridgehead atoms. The molecule has 0 amide bonds. The summed E-state index contributed by atoms with van der Waals surface area (Å²) in [7, 11) is 0. The Balaban J connectivity index is 0.00000169. The zero-order valence-electron chi connectivity index (χ0n) is 8.95. The maximum atomic E-state index is 5.44. The molecule has 0 saturated heterocycles. The van der Waals surface area contributed by atoms with E-state index in [4.69, 9.17) is 5.73 Å². The molecular formula is C10H18ClN3. The fourth-order valence-corrected chi connectivity index (χ4v) is 1.07. The van der Waals surface area contributed by atoms with Gasteiger partial charge in [0.25, 0.3) is 0 Å². The molecule has 3 nitrogen and oxygen atoms in total. The molecule has 0 aromatic carbocycles. The Labute approximate surface area is 91.6 Å². The molecule has 0 aliphatic carbocycles. The van der Waals surface area contributed by atoms with E-state index in [-0.39, 0.29) is 17.8 Å². The lowest BCUT2D eigenvalue weighted by molar-refractivity contribution is 0.561. The molecule has 0 atom stereocenters. The lowest BCUT2D eigenvalue weighted by atomic mass is 9.92. The number of hydrogen-bond acceptors (Lipinski definition) is 3. The Morgan fingerprint density at radius 1 is 1.36 bits per heavy atom. The van der Waals surface area contributed by atoms with Crippen molar-refractivity contribution < 1.29 is 0 Å². The van der Waals surface area contributed by atoms with E-state index in [1.807, 2.05) is 6.07 Å². The summed E-state index contributed by atoms with van der Waals surface area (Å²) in [5.74, 6) is 0.843. The summed E-state index contributed by atoms with van der Waals surface area (Å²) in [6.07, 6.45) is 2.56. The zero-order valence-corrected chi connectivity index (χ0v) is 9.77. The fourth-order valence-electron chi connectivity index (χ4n) is 1.07. The van der Waals surface area contributed by atoms with E-state index in [9.17, 15) is 0 Å². The molecule has 1 rings (SSSR count). The Kier molecular flexibility index (Phi) is 5.02. The second kappa shape index (κ2) is 5.27. The third-order valence-electron chi connectivity index (χ3n) is 1.84. The van der Waals surface area contributed by atoms with Gasteiger partial charge < -0.3 is 5.73 Å². The highest BCUT2D eigenvalue weighted by Gasteiger charge is 2.15. The maximum Gasteiger partial charge on any atom is 0.129 e. The Morgan fingerprint density at radius 3 is 2.50 bits per heavy atom. The van der Waals surface area contributed by atoms with E-state index >= 15 is 0 Å². The summed E-state index contributed by atoms with van der Waals surface area (Å²) < 4.78 is 0. The van der Waals surface area contributed by atoms with Crippen molar-refractivity contribution in [3.63, 3.8) is 0 Å². The molecule has 0 unspecified atom stereocenters. The minimum Gasteiger partial charge on any atom is -0.330 e. The number of aromatic nitrogens is 2. The minimum absolute atomic E-state index is 0. The summed E-state index contributed by atoms with van der Waals surface area (Å²) in [6, 6.07) is 1.96. The maximum absolute atomic E-state index is 5.44.